The smallest absolute Gasteiger partial charge is 0.266 e. The summed E-state index contributed by atoms with van der Waals surface area (Å²) in [7, 11) is 0. The summed E-state index contributed by atoms with van der Waals surface area (Å²) in [5.41, 5.74) is 2.17. The molecule has 6 nitrogen and oxygen atoms in total. The molecule has 0 radical (unpaired) electrons. The van der Waals surface area contributed by atoms with Crippen molar-refractivity contribution in [1.82, 2.24) is 15.1 Å². The Morgan fingerprint density at radius 1 is 1.29 bits per heavy atom. The molecule has 1 N–H and O–H groups in total. The molecule has 0 fully saturated rings. The number of carbonyl (C=O) groups is 1. The first-order valence-electron chi connectivity index (χ1n) is 8.01. The van der Waals surface area contributed by atoms with E-state index >= 15 is 0 Å². The topological polar surface area (TPSA) is 73.2 Å². The van der Waals surface area contributed by atoms with Crippen molar-refractivity contribution in [3.8, 4) is 5.75 Å². The Morgan fingerprint density at radius 2 is 2.08 bits per heavy atom. The molecule has 0 bridgehead atoms. The maximum atomic E-state index is 12.1. The molecule has 1 amide bonds. The van der Waals surface area contributed by atoms with Gasteiger partial charge in [-0.05, 0) is 56.5 Å². The summed E-state index contributed by atoms with van der Waals surface area (Å²) in [4.78, 5) is 23.6. The Hall–Kier alpha value is -2.63. The highest BCUT2D eigenvalue weighted by molar-refractivity contribution is 5.80. The van der Waals surface area contributed by atoms with E-state index in [0.717, 1.165) is 5.56 Å². The van der Waals surface area contributed by atoms with Crippen molar-refractivity contribution in [2.45, 2.75) is 39.8 Å². The number of carbonyl (C=O) groups excluding carboxylic acids is 1. The normalized spacial score (nSPS) is 11.8. The van der Waals surface area contributed by atoms with E-state index in [1.54, 1.807) is 19.2 Å². The molecule has 1 atom stereocenters. The van der Waals surface area contributed by atoms with Gasteiger partial charge in [0.25, 0.3) is 11.5 Å². The van der Waals surface area contributed by atoms with Crippen molar-refractivity contribution in [2.75, 3.05) is 6.54 Å². The van der Waals surface area contributed by atoms with Gasteiger partial charge in [0, 0.05) is 25.4 Å². The maximum Gasteiger partial charge on any atom is 0.266 e. The van der Waals surface area contributed by atoms with Crippen molar-refractivity contribution in [3.05, 3.63) is 58.0 Å². The number of aromatic nitrogens is 2. The summed E-state index contributed by atoms with van der Waals surface area (Å²) in [5.74, 6) is 0.502. The third-order valence-electron chi connectivity index (χ3n) is 3.79. The monoisotopic (exact) mass is 329 g/mol. The number of nitrogens with zero attached hydrogens (tertiary/aromatic N) is 2. The second-order valence-corrected chi connectivity index (χ2v) is 5.74. The Balaban J connectivity index is 1.76. The minimum atomic E-state index is -0.579. The molecule has 0 aliphatic rings. The molecule has 0 saturated carbocycles. The summed E-state index contributed by atoms with van der Waals surface area (Å²) in [6.07, 6.45) is 1.61. The first-order chi connectivity index (χ1) is 11.5. The average molecular weight is 329 g/mol. The number of hydrogen-bond acceptors (Lipinski definition) is 4. The second-order valence-electron chi connectivity index (χ2n) is 5.74. The molecule has 2 rings (SSSR count). The summed E-state index contributed by atoms with van der Waals surface area (Å²) < 4.78 is 7.04. The van der Waals surface area contributed by atoms with Gasteiger partial charge in [-0.1, -0.05) is 6.07 Å². The van der Waals surface area contributed by atoms with Crippen molar-refractivity contribution >= 4 is 5.91 Å². The highest BCUT2D eigenvalue weighted by atomic mass is 16.5. The molecule has 0 spiro atoms. The van der Waals surface area contributed by atoms with Crippen LogP contribution in [0.4, 0.5) is 0 Å². The Kier molecular flexibility index (Phi) is 6.12. The van der Waals surface area contributed by atoms with Crippen LogP contribution in [0, 0.1) is 13.8 Å². The van der Waals surface area contributed by atoms with Gasteiger partial charge in [0.2, 0.25) is 0 Å². The summed E-state index contributed by atoms with van der Waals surface area (Å²) in [6.45, 7) is 6.68. The van der Waals surface area contributed by atoms with Crippen molar-refractivity contribution in [1.29, 1.82) is 0 Å². The molecule has 6 heteroatoms. The quantitative estimate of drug-likeness (QED) is 0.787. The average Bonchev–Trinajstić information content (AvgIpc) is 2.56. The summed E-state index contributed by atoms with van der Waals surface area (Å²) >= 11 is 0. The molecule has 0 aliphatic carbocycles. The second kappa shape index (κ2) is 8.29. The van der Waals surface area contributed by atoms with E-state index < -0.39 is 6.10 Å². The molecular formula is C18H23N3O3. The fourth-order valence-electron chi connectivity index (χ4n) is 2.18. The molecule has 1 aromatic carbocycles. The zero-order valence-electron chi connectivity index (χ0n) is 14.3. The molecule has 24 heavy (non-hydrogen) atoms. The number of aryl methyl sites for hydroxylation is 3. The van der Waals surface area contributed by atoms with Crippen LogP contribution in [-0.4, -0.2) is 28.3 Å². The zero-order valence-corrected chi connectivity index (χ0v) is 14.3. The lowest BCUT2D eigenvalue weighted by molar-refractivity contribution is -0.127. The van der Waals surface area contributed by atoms with Gasteiger partial charge in [-0.3, -0.25) is 9.59 Å². The van der Waals surface area contributed by atoms with Gasteiger partial charge in [-0.2, -0.15) is 5.10 Å². The Morgan fingerprint density at radius 3 is 2.79 bits per heavy atom. The van der Waals surface area contributed by atoms with Gasteiger partial charge >= 0.3 is 0 Å². The van der Waals surface area contributed by atoms with Gasteiger partial charge in [0.1, 0.15) is 5.75 Å². The maximum absolute atomic E-state index is 12.1. The summed E-state index contributed by atoms with van der Waals surface area (Å²) in [5, 5.41) is 6.78. The van der Waals surface area contributed by atoms with Crippen molar-refractivity contribution < 1.29 is 9.53 Å². The van der Waals surface area contributed by atoms with Crippen LogP contribution in [0.15, 0.2) is 41.3 Å². The van der Waals surface area contributed by atoms with Gasteiger partial charge in [0.15, 0.2) is 6.10 Å². The van der Waals surface area contributed by atoms with E-state index in [1.165, 1.54) is 16.3 Å². The van der Waals surface area contributed by atoms with Crippen LogP contribution in [0.5, 0.6) is 5.75 Å². The lowest BCUT2D eigenvalue weighted by atomic mass is 10.1. The largest absolute Gasteiger partial charge is 0.481 e. The minimum Gasteiger partial charge on any atom is -0.481 e. The first-order valence-corrected chi connectivity index (χ1v) is 8.01. The third-order valence-corrected chi connectivity index (χ3v) is 3.79. The number of ether oxygens (including phenoxy) is 1. The van der Waals surface area contributed by atoms with Crippen LogP contribution in [0.1, 0.15) is 24.5 Å². The number of benzene rings is 1. The Labute approximate surface area is 141 Å². The van der Waals surface area contributed by atoms with E-state index in [2.05, 4.69) is 10.4 Å². The number of amides is 1. The van der Waals surface area contributed by atoms with Gasteiger partial charge < -0.3 is 10.1 Å². The van der Waals surface area contributed by atoms with E-state index in [0.29, 0.717) is 25.3 Å². The third kappa shape index (κ3) is 4.94. The van der Waals surface area contributed by atoms with E-state index in [4.69, 9.17) is 4.74 Å². The summed E-state index contributed by atoms with van der Waals surface area (Å²) in [6, 6.07) is 8.82. The van der Waals surface area contributed by atoms with E-state index in [1.807, 2.05) is 32.0 Å². The van der Waals surface area contributed by atoms with E-state index in [-0.39, 0.29) is 11.5 Å². The first kappa shape index (κ1) is 17.7. The van der Waals surface area contributed by atoms with Crippen molar-refractivity contribution in [2.24, 2.45) is 0 Å². The van der Waals surface area contributed by atoms with Crippen LogP contribution in [0.25, 0.3) is 0 Å². The minimum absolute atomic E-state index is 0.143. The highest BCUT2D eigenvalue weighted by Gasteiger charge is 2.14. The molecule has 0 saturated heterocycles. The SMILES string of the molecule is Cc1ccc(OC(C)C(=O)NCCCn2ncccc2=O)cc1C. The fraction of sp³-hybridized carbons (Fsp3) is 0.389. The van der Waals surface area contributed by atoms with Crippen LogP contribution in [0.3, 0.4) is 0 Å². The van der Waals surface area contributed by atoms with Crippen LogP contribution in [-0.2, 0) is 11.3 Å². The lowest BCUT2D eigenvalue weighted by Gasteiger charge is -2.15. The standard InChI is InChI=1S/C18H23N3O3/c1-13-7-8-16(12-14(13)2)24-15(3)18(23)19-9-5-11-21-17(22)6-4-10-20-21/h4,6-8,10,12,15H,5,9,11H2,1-3H3,(H,19,23). The molecule has 1 aromatic heterocycles. The molecule has 128 valence electrons. The lowest BCUT2D eigenvalue weighted by Crippen LogP contribution is -2.37. The highest BCUT2D eigenvalue weighted by Crippen LogP contribution is 2.17. The van der Waals surface area contributed by atoms with E-state index in [9.17, 15) is 9.59 Å². The molecule has 1 heterocycles. The number of hydrogen-bond donors (Lipinski definition) is 1. The predicted octanol–water partition coefficient (Wildman–Crippen LogP) is 1.83. The molecule has 0 aliphatic heterocycles. The van der Waals surface area contributed by atoms with Crippen molar-refractivity contribution in [3.63, 3.8) is 0 Å². The molecule has 2 aromatic rings. The fourth-order valence-corrected chi connectivity index (χ4v) is 2.18. The van der Waals surface area contributed by atoms with Crippen LogP contribution in [0.2, 0.25) is 0 Å². The predicted molar refractivity (Wildman–Crippen MR) is 92.1 cm³/mol. The molecule has 1 unspecified atom stereocenters. The molecular weight excluding hydrogens is 306 g/mol. The zero-order chi connectivity index (χ0) is 17.5. The van der Waals surface area contributed by atoms with Gasteiger partial charge in [-0.15, -0.1) is 0 Å². The van der Waals surface area contributed by atoms with Gasteiger partial charge in [-0.25, -0.2) is 4.68 Å². The van der Waals surface area contributed by atoms with Crippen LogP contribution >= 0.6 is 0 Å². The van der Waals surface area contributed by atoms with Gasteiger partial charge in [0.05, 0.1) is 0 Å². The number of nitrogens with one attached hydrogen (secondary N) is 1. The number of rotatable bonds is 7. The Bertz CT molecular complexity index is 755. The van der Waals surface area contributed by atoms with Crippen LogP contribution < -0.4 is 15.6 Å².